The summed E-state index contributed by atoms with van der Waals surface area (Å²) in [4.78, 5) is 94.0. The van der Waals surface area contributed by atoms with E-state index < -0.39 is 46.7 Å². The van der Waals surface area contributed by atoms with Gasteiger partial charge in [-0.3, -0.25) is 33.6 Å². The molecule has 2 unspecified atom stereocenters. The molecule has 0 spiro atoms. The second kappa shape index (κ2) is 18.9. The van der Waals surface area contributed by atoms with Crippen LogP contribution in [0.1, 0.15) is 131 Å². The Balaban J connectivity index is 2.12. The molecule has 9 heteroatoms. The van der Waals surface area contributed by atoms with Crippen LogP contribution in [0.5, 0.6) is 0 Å². The van der Waals surface area contributed by atoms with Gasteiger partial charge in [-0.05, 0) is 44.1 Å². The summed E-state index contributed by atoms with van der Waals surface area (Å²) in [7, 11) is 0. The summed E-state index contributed by atoms with van der Waals surface area (Å²) in [6, 6.07) is 8.35. The maximum Gasteiger partial charge on any atom is 0.306 e. The Kier molecular flexibility index (Phi) is 16.0. The molecule has 9 nitrogen and oxygen atoms in total. The average molecular weight is 668 g/mol. The molecule has 0 saturated carbocycles. The molecular weight excluding hydrogens is 610 g/mol. The Morgan fingerprint density at radius 3 is 2.10 bits per heavy atom. The Morgan fingerprint density at radius 1 is 0.896 bits per heavy atom. The first-order chi connectivity index (χ1) is 22.5. The largest absolute Gasteiger partial charge is 0.463 e. The molecule has 1 aliphatic rings. The molecular formula is C39H57NO8. The van der Waals surface area contributed by atoms with Crippen LogP contribution in [0.3, 0.4) is 0 Å². The molecule has 1 fully saturated rings. The molecule has 1 amide bonds. The molecule has 1 saturated heterocycles. The SMILES string of the molecule is CCCCC(CC(=O)C1CCCN1C(=O)[C@@H](CC(=O)OC(C)C)C(C)(C)C)C(=O)C(=O)CCC(=O)C[C@H](C(=O)C(C)C)c1ccccc1. The first-order valence-electron chi connectivity index (χ1n) is 17.7. The fourth-order valence-electron chi connectivity index (χ4n) is 6.37. The quantitative estimate of drug-likeness (QED) is 0.112. The van der Waals surface area contributed by atoms with Gasteiger partial charge in [0, 0.05) is 50.0 Å². The summed E-state index contributed by atoms with van der Waals surface area (Å²) in [6.45, 7) is 15.0. The van der Waals surface area contributed by atoms with Crippen molar-refractivity contribution in [1.29, 1.82) is 0 Å². The molecule has 0 N–H and O–H groups in total. The zero-order valence-corrected chi connectivity index (χ0v) is 30.3. The first-order valence-corrected chi connectivity index (χ1v) is 17.7. The second-order valence-corrected chi connectivity index (χ2v) is 14.9. The lowest BCUT2D eigenvalue weighted by molar-refractivity contribution is -0.155. The van der Waals surface area contributed by atoms with Gasteiger partial charge in [0.25, 0.3) is 0 Å². The number of carbonyl (C=O) groups is 7. The summed E-state index contributed by atoms with van der Waals surface area (Å²) in [5.41, 5.74) is 0.185. The fraction of sp³-hybridized carbons (Fsp3) is 0.667. The molecule has 0 aliphatic carbocycles. The highest BCUT2D eigenvalue weighted by Gasteiger charge is 2.43. The maximum absolute atomic E-state index is 13.8. The minimum atomic E-state index is -0.836. The molecule has 1 aromatic rings. The van der Waals surface area contributed by atoms with Crippen molar-refractivity contribution < 1.29 is 38.3 Å². The molecule has 0 bridgehead atoms. The van der Waals surface area contributed by atoms with Gasteiger partial charge in [0.05, 0.1) is 24.5 Å². The minimum absolute atomic E-state index is 0.0451. The predicted octanol–water partition coefficient (Wildman–Crippen LogP) is 6.63. The van der Waals surface area contributed by atoms with E-state index in [0.717, 1.165) is 12.0 Å². The number of hydrogen-bond acceptors (Lipinski definition) is 8. The average Bonchev–Trinajstić information content (AvgIpc) is 3.52. The highest BCUT2D eigenvalue weighted by atomic mass is 16.5. The van der Waals surface area contributed by atoms with Crippen molar-refractivity contribution in [3.05, 3.63) is 35.9 Å². The molecule has 0 radical (unpaired) electrons. The van der Waals surface area contributed by atoms with E-state index in [-0.39, 0.29) is 67.4 Å². The Labute approximate surface area is 286 Å². The Bertz CT molecular complexity index is 1290. The molecule has 266 valence electrons. The van der Waals surface area contributed by atoms with Crippen LogP contribution in [0, 0.1) is 23.2 Å². The second-order valence-electron chi connectivity index (χ2n) is 14.9. The number of unbranched alkanes of at least 4 members (excludes halogenated alkanes) is 1. The lowest BCUT2D eigenvalue weighted by Crippen LogP contribution is -2.47. The number of nitrogens with zero attached hydrogens (tertiary/aromatic N) is 1. The van der Waals surface area contributed by atoms with Gasteiger partial charge in [-0.15, -0.1) is 0 Å². The normalized spacial score (nSPS) is 16.8. The zero-order chi connectivity index (χ0) is 36.2. The van der Waals surface area contributed by atoms with Gasteiger partial charge in [0.2, 0.25) is 11.7 Å². The zero-order valence-electron chi connectivity index (χ0n) is 30.3. The number of amides is 1. The van der Waals surface area contributed by atoms with E-state index in [0.29, 0.717) is 32.2 Å². The van der Waals surface area contributed by atoms with Crippen LogP contribution >= 0.6 is 0 Å². The van der Waals surface area contributed by atoms with Crippen molar-refractivity contribution in [1.82, 2.24) is 4.90 Å². The van der Waals surface area contributed by atoms with Crippen molar-refractivity contribution in [2.75, 3.05) is 6.54 Å². The number of rotatable bonds is 20. The van der Waals surface area contributed by atoms with Crippen LogP contribution < -0.4 is 0 Å². The van der Waals surface area contributed by atoms with Crippen LogP contribution in [-0.4, -0.2) is 64.4 Å². The summed E-state index contributed by atoms with van der Waals surface area (Å²) in [6.07, 6.45) is 1.77. The van der Waals surface area contributed by atoms with Crippen LogP contribution in [0.4, 0.5) is 0 Å². The van der Waals surface area contributed by atoms with Crippen molar-refractivity contribution >= 4 is 40.8 Å². The predicted molar refractivity (Wildman–Crippen MR) is 184 cm³/mol. The molecule has 4 atom stereocenters. The minimum Gasteiger partial charge on any atom is -0.463 e. The van der Waals surface area contributed by atoms with Crippen LogP contribution in [-0.2, 0) is 38.3 Å². The van der Waals surface area contributed by atoms with Gasteiger partial charge in [-0.1, -0.05) is 84.7 Å². The summed E-state index contributed by atoms with van der Waals surface area (Å²) in [5, 5.41) is 0. The van der Waals surface area contributed by atoms with Crippen molar-refractivity contribution in [2.24, 2.45) is 23.2 Å². The number of carbonyl (C=O) groups excluding carboxylic acids is 7. The standard InChI is InChI=1S/C39H57NO8/c1-9-10-15-28(37(46)33(42)20-19-29(41)23-30(36(45)25(2)3)27-16-12-11-13-17-27)22-34(43)32-18-14-21-40(32)38(47)31(39(6,7)8)24-35(44)48-26(4)5/h11-13,16-17,25-26,28,30-32H,9-10,14-15,18-24H2,1-8H3/t28?,30-,31+,32?/m0/s1. The maximum atomic E-state index is 13.8. The summed E-state index contributed by atoms with van der Waals surface area (Å²) in [5.74, 6) is -5.12. The van der Waals surface area contributed by atoms with Crippen LogP contribution in [0.15, 0.2) is 30.3 Å². The fourth-order valence-corrected chi connectivity index (χ4v) is 6.37. The smallest absolute Gasteiger partial charge is 0.306 e. The van der Waals surface area contributed by atoms with Gasteiger partial charge in [0.15, 0.2) is 11.6 Å². The number of Topliss-reactive ketones (excluding diaryl/α,β-unsaturated/α-hetero) is 5. The molecule has 0 aromatic heterocycles. The van der Waals surface area contributed by atoms with Gasteiger partial charge < -0.3 is 9.64 Å². The number of ketones is 5. The lowest BCUT2D eigenvalue weighted by Gasteiger charge is -2.35. The molecule has 1 aromatic carbocycles. The van der Waals surface area contributed by atoms with E-state index in [4.69, 9.17) is 4.74 Å². The Hall–Kier alpha value is -3.49. The molecule has 1 aliphatic heterocycles. The number of hydrogen-bond donors (Lipinski definition) is 0. The number of likely N-dealkylation sites (tertiary alicyclic amines) is 1. The number of benzene rings is 1. The monoisotopic (exact) mass is 667 g/mol. The third kappa shape index (κ3) is 12.2. The molecule has 1 heterocycles. The summed E-state index contributed by atoms with van der Waals surface area (Å²) < 4.78 is 5.31. The third-order valence-electron chi connectivity index (χ3n) is 9.17. The van der Waals surface area contributed by atoms with Gasteiger partial charge in [0.1, 0.15) is 11.6 Å². The van der Waals surface area contributed by atoms with Crippen LogP contribution in [0.2, 0.25) is 0 Å². The highest BCUT2D eigenvalue weighted by molar-refractivity contribution is 6.38. The van der Waals surface area contributed by atoms with E-state index in [1.54, 1.807) is 32.6 Å². The van der Waals surface area contributed by atoms with Gasteiger partial charge >= 0.3 is 5.97 Å². The summed E-state index contributed by atoms with van der Waals surface area (Å²) >= 11 is 0. The number of ether oxygens (including phenoxy) is 1. The topological polar surface area (TPSA) is 132 Å². The Morgan fingerprint density at radius 2 is 1.54 bits per heavy atom. The van der Waals surface area contributed by atoms with Gasteiger partial charge in [-0.2, -0.15) is 0 Å². The van der Waals surface area contributed by atoms with E-state index in [1.165, 1.54) is 0 Å². The van der Waals surface area contributed by atoms with E-state index >= 15 is 0 Å². The van der Waals surface area contributed by atoms with E-state index in [9.17, 15) is 33.6 Å². The van der Waals surface area contributed by atoms with Gasteiger partial charge in [-0.25, -0.2) is 0 Å². The molecule has 2 rings (SSSR count). The first kappa shape index (κ1) is 40.7. The van der Waals surface area contributed by atoms with Crippen LogP contribution in [0.25, 0.3) is 0 Å². The highest BCUT2D eigenvalue weighted by Crippen LogP contribution is 2.34. The number of esters is 1. The van der Waals surface area contributed by atoms with E-state index in [1.807, 2.05) is 58.0 Å². The lowest BCUT2D eigenvalue weighted by atomic mass is 9.77. The van der Waals surface area contributed by atoms with E-state index in [2.05, 4.69) is 0 Å². The van der Waals surface area contributed by atoms with Crippen molar-refractivity contribution in [3.8, 4) is 0 Å². The van der Waals surface area contributed by atoms with Crippen molar-refractivity contribution in [3.63, 3.8) is 0 Å². The molecule has 48 heavy (non-hydrogen) atoms. The third-order valence-corrected chi connectivity index (χ3v) is 9.17. The van der Waals surface area contributed by atoms with Crippen molar-refractivity contribution in [2.45, 2.75) is 138 Å².